The van der Waals surface area contributed by atoms with Gasteiger partial charge in [0.25, 0.3) is 0 Å². The van der Waals surface area contributed by atoms with Crippen LogP contribution >= 0.6 is 11.8 Å². The van der Waals surface area contributed by atoms with E-state index in [1.807, 2.05) is 32.9 Å². The zero-order valence-corrected chi connectivity index (χ0v) is 21.2. The number of ketones is 1. The van der Waals surface area contributed by atoms with Crippen molar-refractivity contribution in [2.45, 2.75) is 69.1 Å². The van der Waals surface area contributed by atoms with Gasteiger partial charge in [-0.1, -0.05) is 36.8 Å². The van der Waals surface area contributed by atoms with Crippen molar-refractivity contribution >= 4 is 23.5 Å². The van der Waals surface area contributed by atoms with E-state index < -0.39 is 41.6 Å². The Bertz CT molecular complexity index is 1120. The Balaban J connectivity index is 1.68. The lowest BCUT2D eigenvalue weighted by atomic mass is 9.82. The molecule has 3 rings (SSSR count). The first-order chi connectivity index (χ1) is 17.0. The number of thioether (sulfide) groups is 1. The number of aryl methyl sites for hydroxylation is 3. The van der Waals surface area contributed by atoms with Gasteiger partial charge in [-0.15, -0.1) is 11.8 Å². The monoisotopic (exact) mass is 550 g/mol. The molecule has 0 spiro atoms. The molecule has 1 fully saturated rings. The lowest BCUT2D eigenvalue weighted by molar-refractivity contribution is -0.348. The molecule has 3 unspecified atom stereocenters. The number of hydrogen-bond acceptors (Lipinski definition) is 4. The van der Waals surface area contributed by atoms with Gasteiger partial charge in [-0.25, -0.2) is 4.39 Å². The van der Waals surface area contributed by atoms with Crippen molar-refractivity contribution in [3.63, 3.8) is 0 Å². The average molecular weight is 551 g/mol. The van der Waals surface area contributed by atoms with E-state index in [0.717, 1.165) is 40.6 Å². The molecular formula is C26H25F7O3S. The summed E-state index contributed by atoms with van der Waals surface area (Å²) < 4.78 is 97.4. The molecule has 0 saturated carbocycles. The summed E-state index contributed by atoms with van der Waals surface area (Å²) >= 11 is 1.08. The van der Waals surface area contributed by atoms with Crippen LogP contribution < -0.4 is 0 Å². The first-order valence-corrected chi connectivity index (χ1v) is 12.3. The van der Waals surface area contributed by atoms with Crippen LogP contribution in [0.2, 0.25) is 0 Å². The molecule has 0 amide bonds. The third-order valence-electron chi connectivity index (χ3n) is 6.44. The molecule has 2 aromatic rings. The number of ether oxygens (including phenoxy) is 1. The van der Waals surface area contributed by atoms with Gasteiger partial charge in [0.15, 0.2) is 5.78 Å². The summed E-state index contributed by atoms with van der Waals surface area (Å²) in [7, 11) is 0. The standard InChI is InChI=1S/C26H25F7O3S/c1-13-9-14(2)21(15(3)10-13)22-19(34)11-20(36-23(22)35)16(4)12-37-18-7-5-17(6-8-18)24(27,25(28,29)30)26(31,32)33/h5-10,16,20,22H,11-12H2,1-4H3. The lowest BCUT2D eigenvalue weighted by Gasteiger charge is -2.32. The van der Waals surface area contributed by atoms with Gasteiger partial charge >= 0.3 is 24.0 Å². The van der Waals surface area contributed by atoms with E-state index in [4.69, 9.17) is 4.74 Å². The van der Waals surface area contributed by atoms with E-state index in [0.29, 0.717) is 22.6 Å². The van der Waals surface area contributed by atoms with Crippen LogP contribution in [0.25, 0.3) is 0 Å². The SMILES string of the molecule is Cc1cc(C)c(C2C(=O)CC(C(C)CSc3ccc(C(F)(C(F)(F)F)C(F)(F)F)cc3)OC2=O)c(C)c1. The molecule has 2 aromatic carbocycles. The molecule has 1 saturated heterocycles. The second-order valence-corrected chi connectivity index (χ2v) is 10.5. The molecule has 1 aliphatic rings. The van der Waals surface area contributed by atoms with E-state index >= 15 is 0 Å². The number of cyclic esters (lactones) is 1. The second kappa shape index (κ2) is 10.3. The number of rotatable bonds is 6. The highest BCUT2D eigenvalue weighted by Gasteiger charge is 2.73. The molecule has 37 heavy (non-hydrogen) atoms. The predicted octanol–water partition coefficient (Wildman–Crippen LogP) is 7.30. The van der Waals surface area contributed by atoms with Gasteiger partial charge in [0.1, 0.15) is 12.0 Å². The van der Waals surface area contributed by atoms with Crippen LogP contribution in [0, 0.1) is 26.7 Å². The zero-order valence-electron chi connectivity index (χ0n) is 20.4. The number of alkyl halides is 7. The fourth-order valence-corrected chi connectivity index (χ4v) is 5.55. The Kier molecular flexibility index (Phi) is 8.08. The molecule has 3 nitrogen and oxygen atoms in total. The Morgan fingerprint density at radius 1 is 0.919 bits per heavy atom. The number of carbonyl (C=O) groups excluding carboxylic acids is 2. The number of carbonyl (C=O) groups is 2. The highest BCUT2D eigenvalue weighted by Crippen LogP contribution is 2.53. The van der Waals surface area contributed by atoms with E-state index in [9.17, 15) is 40.3 Å². The minimum absolute atomic E-state index is 0.0225. The number of Topliss-reactive ketones (excluding diaryl/α,β-unsaturated/α-hetero) is 1. The van der Waals surface area contributed by atoms with Crippen molar-refractivity contribution < 1.29 is 45.1 Å². The van der Waals surface area contributed by atoms with Crippen molar-refractivity contribution in [2.24, 2.45) is 5.92 Å². The van der Waals surface area contributed by atoms with E-state index in [-0.39, 0.29) is 23.9 Å². The van der Waals surface area contributed by atoms with Crippen LogP contribution in [0.15, 0.2) is 41.3 Å². The average Bonchev–Trinajstić information content (AvgIpc) is 2.76. The maximum absolute atomic E-state index is 14.2. The van der Waals surface area contributed by atoms with Crippen LogP contribution in [-0.2, 0) is 20.0 Å². The fraction of sp³-hybridized carbons (Fsp3) is 0.462. The topological polar surface area (TPSA) is 43.4 Å². The third-order valence-corrected chi connectivity index (χ3v) is 7.73. The molecule has 0 bridgehead atoms. The summed E-state index contributed by atoms with van der Waals surface area (Å²) in [4.78, 5) is 26.0. The largest absolute Gasteiger partial charge is 0.461 e. The maximum atomic E-state index is 14.2. The van der Waals surface area contributed by atoms with Gasteiger partial charge < -0.3 is 4.74 Å². The van der Waals surface area contributed by atoms with Crippen LogP contribution in [0.3, 0.4) is 0 Å². The van der Waals surface area contributed by atoms with Crippen LogP contribution in [0.5, 0.6) is 0 Å². The van der Waals surface area contributed by atoms with Crippen molar-refractivity contribution in [1.29, 1.82) is 0 Å². The Morgan fingerprint density at radius 2 is 1.43 bits per heavy atom. The Hall–Kier alpha value is -2.56. The van der Waals surface area contributed by atoms with Gasteiger partial charge in [0, 0.05) is 28.6 Å². The zero-order chi connectivity index (χ0) is 27.9. The molecule has 3 atom stereocenters. The number of benzene rings is 2. The first kappa shape index (κ1) is 29.0. The summed E-state index contributed by atoms with van der Waals surface area (Å²) in [5.74, 6) is -2.07. The summed E-state index contributed by atoms with van der Waals surface area (Å²) in [5, 5.41) is 0. The summed E-state index contributed by atoms with van der Waals surface area (Å²) in [5.41, 5.74) is -3.80. The van der Waals surface area contributed by atoms with E-state index in [1.165, 1.54) is 0 Å². The van der Waals surface area contributed by atoms with Crippen molar-refractivity contribution in [1.82, 2.24) is 0 Å². The smallest absolute Gasteiger partial charge is 0.435 e. The molecule has 0 aliphatic carbocycles. The molecule has 0 N–H and O–H groups in total. The molecular weight excluding hydrogens is 525 g/mol. The van der Waals surface area contributed by atoms with Gasteiger partial charge in [-0.2, -0.15) is 26.3 Å². The van der Waals surface area contributed by atoms with Crippen molar-refractivity contribution in [2.75, 3.05) is 5.75 Å². The minimum atomic E-state index is -6.18. The summed E-state index contributed by atoms with van der Waals surface area (Å²) in [6.45, 7) is 7.27. The third kappa shape index (κ3) is 5.66. The van der Waals surface area contributed by atoms with Crippen LogP contribution in [-0.4, -0.2) is 36.0 Å². The first-order valence-electron chi connectivity index (χ1n) is 11.3. The van der Waals surface area contributed by atoms with Crippen LogP contribution in [0.4, 0.5) is 30.7 Å². The highest BCUT2D eigenvalue weighted by atomic mass is 32.2. The number of halogens is 7. The number of hydrogen-bond donors (Lipinski definition) is 0. The molecule has 1 aliphatic heterocycles. The Labute approximate surface area is 213 Å². The van der Waals surface area contributed by atoms with E-state index in [1.54, 1.807) is 6.92 Å². The number of esters is 1. The summed E-state index contributed by atoms with van der Waals surface area (Å²) in [6, 6.07) is 6.61. The summed E-state index contributed by atoms with van der Waals surface area (Å²) in [6.07, 6.45) is -13.1. The van der Waals surface area contributed by atoms with Crippen molar-refractivity contribution in [3.8, 4) is 0 Å². The normalized spacial score (nSPS) is 20.1. The minimum Gasteiger partial charge on any atom is -0.461 e. The van der Waals surface area contributed by atoms with Gasteiger partial charge in [-0.3, -0.25) is 9.59 Å². The van der Waals surface area contributed by atoms with Crippen LogP contribution in [0.1, 0.15) is 47.1 Å². The maximum Gasteiger partial charge on any atom is 0.435 e. The molecule has 202 valence electrons. The van der Waals surface area contributed by atoms with Gasteiger partial charge in [0.2, 0.25) is 0 Å². The van der Waals surface area contributed by atoms with Gasteiger partial charge in [0.05, 0.1) is 0 Å². The predicted molar refractivity (Wildman–Crippen MR) is 124 cm³/mol. The molecule has 1 heterocycles. The highest BCUT2D eigenvalue weighted by molar-refractivity contribution is 7.99. The van der Waals surface area contributed by atoms with Gasteiger partial charge in [-0.05, 0) is 49.6 Å². The molecule has 0 radical (unpaired) electrons. The molecule has 11 heteroatoms. The quantitative estimate of drug-likeness (QED) is 0.164. The molecule has 0 aromatic heterocycles. The Morgan fingerprint density at radius 3 is 1.89 bits per heavy atom. The van der Waals surface area contributed by atoms with E-state index in [2.05, 4.69) is 0 Å². The lowest BCUT2D eigenvalue weighted by Crippen LogP contribution is -2.50. The van der Waals surface area contributed by atoms with Crippen molar-refractivity contribution in [3.05, 3.63) is 64.2 Å². The fourth-order valence-electron chi connectivity index (χ4n) is 4.55. The second-order valence-electron chi connectivity index (χ2n) is 9.36.